The molecule has 2 aromatic heterocycles. The van der Waals surface area contributed by atoms with Gasteiger partial charge in [-0.1, -0.05) is 11.3 Å². The van der Waals surface area contributed by atoms with E-state index in [1.165, 1.54) is 11.3 Å². The summed E-state index contributed by atoms with van der Waals surface area (Å²) in [5, 5.41) is 3.81. The van der Waals surface area contributed by atoms with Gasteiger partial charge in [-0.05, 0) is 31.2 Å². The van der Waals surface area contributed by atoms with Gasteiger partial charge in [0.1, 0.15) is 16.4 Å². The number of hydrogen-bond acceptors (Lipinski definition) is 8. The molecule has 1 aromatic carbocycles. The highest BCUT2D eigenvalue weighted by atomic mass is 32.1. The maximum Gasteiger partial charge on any atom is 0.226 e. The Hall–Kier alpha value is -2.91. The Bertz CT molecular complexity index is 989. The molecule has 1 aliphatic heterocycles. The normalized spacial score (nSPS) is 14.3. The first-order valence-electron chi connectivity index (χ1n) is 9.01. The number of nitrogen functional groups attached to an aromatic ring is 1. The zero-order valence-electron chi connectivity index (χ0n) is 15.8. The van der Waals surface area contributed by atoms with E-state index < -0.39 is 0 Å². The van der Waals surface area contributed by atoms with E-state index in [9.17, 15) is 4.79 Å². The van der Waals surface area contributed by atoms with Gasteiger partial charge in [-0.15, -0.1) is 0 Å². The Morgan fingerprint density at radius 1 is 1.25 bits per heavy atom. The number of carbonyl (C=O) groups excluding carboxylic acids is 1. The van der Waals surface area contributed by atoms with E-state index in [4.69, 9.17) is 10.5 Å². The highest BCUT2D eigenvalue weighted by molar-refractivity contribution is 7.18. The number of nitrogens with one attached hydrogen (secondary N) is 1. The molecule has 1 saturated heterocycles. The standard InChI is InChI=1S/C19H22N6O2S/c1-12-15(21-11-24(12)2)16(26)17-18(20)23-19(28-17)22-13-3-5-14(6-4-13)25-7-9-27-10-8-25/h3-6,11H,7-10,20H2,1-2H3,(H,22,23). The number of benzene rings is 1. The highest BCUT2D eigenvalue weighted by Gasteiger charge is 2.22. The molecule has 1 fully saturated rings. The first kappa shape index (κ1) is 18.5. The number of rotatable bonds is 5. The van der Waals surface area contributed by atoms with Gasteiger partial charge in [0.15, 0.2) is 5.13 Å². The summed E-state index contributed by atoms with van der Waals surface area (Å²) < 4.78 is 7.20. The van der Waals surface area contributed by atoms with E-state index in [1.807, 2.05) is 26.1 Å². The fraction of sp³-hybridized carbons (Fsp3) is 0.316. The summed E-state index contributed by atoms with van der Waals surface area (Å²) in [5.41, 5.74) is 9.25. The van der Waals surface area contributed by atoms with Gasteiger partial charge in [0, 0.05) is 37.2 Å². The van der Waals surface area contributed by atoms with Crippen LogP contribution in [-0.4, -0.2) is 46.6 Å². The Kier molecular flexibility index (Phi) is 5.01. The van der Waals surface area contributed by atoms with Crippen LogP contribution in [0.4, 0.5) is 22.3 Å². The van der Waals surface area contributed by atoms with Gasteiger partial charge in [-0.25, -0.2) is 9.97 Å². The second-order valence-corrected chi connectivity index (χ2v) is 7.62. The number of nitrogens with two attached hydrogens (primary N) is 1. The van der Waals surface area contributed by atoms with Crippen LogP contribution >= 0.6 is 11.3 Å². The molecule has 3 aromatic rings. The predicted molar refractivity (Wildman–Crippen MR) is 111 cm³/mol. The average Bonchev–Trinajstić information content (AvgIpc) is 3.24. The Morgan fingerprint density at radius 2 is 1.96 bits per heavy atom. The van der Waals surface area contributed by atoms with Gasteiger partial charge in [0.05, 0.1) is 19.5 Å². The molecule has 1 aliphatic rings. The van der Waals surface area contributed by atoms with Gasteiger partial charge < -0.3 is 25.3 Å². The van der Waals surface area contributed by atoms with Crippen molar-refractivity contribution in [3.63, 3.8) is 0 Å². The summed E-state index contributed by atoms with van der Waals surface area (Å²) >= 11 is 1.23. The van der Waals surface area contributed by atoms with E-state index in [0.717, 1.165) is 43.4 Å². The van der Waals surface area contributed by atoms with Crippen molar-refractivity contribution in [1.82, 2.24) is 14.5 Å². The van der Waals surface area contributed by atoms with Crippen LogP contribution in [0.5, 0.6) is 0 Å². The van der Waals surface area contributed by atoms with Crippen molar-refractivity contribution in [2.45, 2.75) is 6.92 Å². The molecule has 0 bridgehead atoms. The molecule has 8 nitrogen and oxygen atoms in total. The molecule has 3 N–H and O–H groups in total. The SMILES string of the molecule is Cc1c(C(=O)c2sc(Nc3ccc(N4CCOCC4)cc3)nc2N)ncn1C. The van der Waals surface area contributed by atoms with Crippen molar-refractivity contribution in [2.24, 2.45) is 7.05 Å². The Balaban J connectivity index is 1.49. The number of morpholine rings is 1. The summed E-state index contributed by atoms with van der Waals surface area (Å²) in [7, 11) is 1.85. The van der Waals surface area contributed by atoms with Gasteiger partial charge in [0.25, 0.3) is 0 Å². The van der Waals surface area contributed by atoms with Gasteiger partial charge in [0.2, 0.25) is 5.78 Å². The molecule has 9 heteroatoms. The molecule has 0 saturated carbocycles. The van der Waals surface area contributed by atoms with Crippen molar-refractivity contribution in [1.29, 1.82) is 0 Å². The minimum Gasteiger partial charge on any atom is -0.382 e. The predicted octanol–water partition coefficient (Wildman–Crippen LogP) is 2.58. The van der Waals surface area contributed by atoms with Crippen LogP contribution < -0.4 is 16.0 Å². The number of aryl methyl sites for hydroxylation is 1. The largest absolute Gasteiger partial charge is 0.382 e. The van der Waals surface area contributed by atoms with Crippen LogP contribution in [0.3, 0.4) is 0 Å². The summed E-state index contributed by atoms with van der Waals surface area (Å²) in [6.45, 7) is 5.16. The third-order valence-electron chi connectivity index (χ3n) is 4.80. The lowest BCUT2D eigenvalue weighted by atomic mass is 10.2. The van der Waals surface area contributed by atoms with Crippen LogP contribution in [0.15, 0.2) is 30.6 Å². The summed E-state index contributed by atoms with van der Waals surface area (Å²) in [6.07, 6.45) is 1.62. The van der Waals surface area contributed by atoms with Crippen LogP contribution in [0.25, 0.3) is 0 Å². The lowest BCUT2D eigenvalue weighted by Gasteiger charge is -2.28. The number of imidazole rings is 1. The molecule has 4 rings (SSSR count). The molecular weight excluding hydrogens is 376 g/mol. The van der Waals surface area contributed by atoms with Crippen LogP contribution in [0.2, 0.25) is 0 Å². The average molecular weight is 398 g/mol. The molecule has 0 aliphatic carbocycles. The number of thiazole rings is 1. The van der Waals surface area contributed by atoms with E-state index in [0.29, 0.717) is 15.7 Å². The van der Waals surface area contributed by atoms with Crippen molar-refractivity contribution >= 4 is 39.4 Å². The lowest BCUT2D eigenvalue weighted by molar-refractivity contribution is 0.103. The van der Waals surface area contributed by atoms with Crippen molar-refractivity contribution < 1.29 is 9.53 Å². The fourth-order valence-electron chi connectivity index (χ4n) is 3.07. The second kappa shape index (κ2) is 7.61. The number of anilines is 4. The van der Waals surface area contributed by atoms with Crippen LogP contribution in [0.1, 0.15) is 21.1 Å². The highest BCUT2D eigenvalue weighted by Crippen LogP contribution is 2.30. The Labute approximate surface area is 167 Å². The van der Waals surface area contributed by atoms with Crippen molar-refractivity contribution in [2.75, 3.05) is 42.3 Å². The minimum absolute atomic E-state index is 0.205. The monoisotopic (exact) mass is 398 g/mol. The van der Waals surface area contributed by atoms with Gasteiger partial charge >= 0.3 is 0 Å². The molecule has 0 unspecified atom stereocenters. The maximum atomic E-state index is 12.8. The molecule has 28 heavy (non-hydrogen) atoms. The molecule has 0 radical (unpaired) electrons. The molecule has 0 spiro atoms. The van der Waals surface area contributed by atoms with E-state index >= 15 is 0 Å². The zero-order chi connectivity index (χ0) is 19.7. The molecule has 0 atom stereocenters. The van der Waals surface area contributed by atoms with E-state index in [2.05, 4.69) is 32.3 Å². The fourth-order valence-corrected chi connectivity index (χ4v) is 3.92. The Morgan fingerprint density at radius 3 is 2.61 bits per heavy atom. The lowest BCUT2D eigenvalue weighted by Crippen LogP contribution is -2.36. The third kappa shape index (κ3) is 3.58. The van der Waals surface area contributed by atoms with Gasteiger partial charge in [-0.3, -0.25) is 4.79 Å². The topological polar surface area (TPSA) is 98.3 Å². The summed E-state index contributed by atoms with van der Waals surface area (Å²) in [5.74, 6) is 0.0105. The molecule has 3 heterocycles. The first-order valence-corrected chi connectivity index (χ1v) is 9.83. The molecule has 146 valence electrons. The van der Waals surface area contributed by atoms with E-state index in [1.54, 1.807) is 10.9 Å². The van der Waals surface area contributed by atoms with Gasteiger partial charge in [-0.2, -0.15) is 0 Å². The van der Waals surface area contributed by atoms with Crippen LogP contribution in [-0.2, 0) is 11.8 Å². The number of carbonyl (C=O) groups is 1. The van der Waals surface area contributed by atoms with Crippen molar-refractivity contribution in [3.05, 3.63) is 46.9 Å². The smallest absolute Gasteiger partial charge is 0.226 e. The van der Waals surface area contributed by atoms with Crippen molar-refractivity contribution in [3.8, 4) is 0 Å². The minimum atomic E-state index is -0.205. The number of hydrogen-bond donors (Lipinski definition) is 2. The number of ether oxygens (including phenoxy) is 1. The van der Waals surface area contributed by atoms with Crippen LogP contribution in [0, 0.1) is 6.92 Å². The molecular formula is C19H22N6O2S. The zero-order valence-corrected chi connectivity index (χ0v) is 16.6. The number of nitrogens with zero attached hydrogens (tertiary/aromatic N) is 4. The number of aromatic nitrogens is 3. The summed E-state index contributed by atoms with van der Waals surface area (Å²) in [6, 6.07) is 8.11. The quantitative estimate of drug-likeness (QED) is 0.637. The van der Waals surface area contributed by atoms with E-state index in [-0.39, 0.29) is 11.6 Å². The number of ketones is 1. The maximum absolute atomic E-state index is 12.8. The third-order valence-corrected chi connectivity index (χ3v) is 5.79. The second-order valence-electron chi connectivity index (χ2n) is 6.62. The summed E-state index contributed by atoms with van der Waals surface area (Å²) in [4.78, 5) is 23.9. The molecule has 0 amide bonds. The first-order chi connectivity index (χ1) is 13.5.